The number of aliphatic carboxylic acids is 1. The molecule has 0 aliphatic carbocycles. The minimum atomic E-state index is -0.788. The van der Waals surface area contributed by atoms with Crippen LogP contribution in [0.15, 0.2) is 12.7 Å². The fourth-order valence-corrected chi connectivity index (χ4v) is 1.66. The molecule has 0 rings (SSSR count). The third-order valence-electron chi connectivity index (χ3n) is 2.99. The first-order chi connectivity index (χ1) is 7.02. The Morgan fingerprint density at radius 3 is 2.53 bits per heavy atom. The van der Waals surface area contributed by atoms with Gasteiger partial charge in [-0.15, -0.1) is 6.58 Å². The number of nitrogens with one attached hydrogen (secondary N) is 1. The van der Waals surface area contributed by atoms with E-state index < -0.39 is 11.5 Å². The lowest BCUT2D eigenvalue weighted by Crippen LogP contribution is -2.52. The first-order valence-electron chi connectivity index (χ1n) is 5.61. The lowest BCUT2D eigenvalue weighted by atomic mass is 9.84. The van der Waals surface area contributed by atoms with Gasteiger partial charge in [0.1, 0.15) is 5.54 Å². The topological polar surface area (TPSA) is 49.3 Å². The van der Waals surface area contributed by atoms with E-state index in [-0.39, 0.29) is 0 Å². The molecular weight excluding hydrogens is 190 g/mol. The molecule has 0 aromatic rings. The maximum Gasteiger partial charge on any atom is 0.323 e. The van der Waals surface area contributed by atoms with Crippen LogP contribution in [0.2, 0.25) is 0 Å². The van der Waals surface area contributed by atoms with E-state index in [1.54, 1.807) is 6.08 Å². The van der Waals surface area contributed by atoms with Crippen molar-refractivity contribution in [2.45, 2.75) is 45.6 Å². The molecule has 0 amide bonds. The van der Waals surface area contributed by atoms with Gasteiger partial charge >= 0.3 is 5.97 Å². The first kappa shape index (κ1) is 14.2. The number of rotatable bonds is 8. The number of carbonyl (C=O) groups is 1. The molecule has 0 aliphatic rings. The lowest BCUT2D eigenvalue weighted by molar-refractivity contribution is -0.145. The molecule has 15 heavy (non-hydrogen) atoms. The Balaban J connectivity index is 4.64. The molecule has 0 fully saturated rings. The molecule has 3 nitrogen and oxygen atoms in total. The molecule has 0 aliphatic heterocycles. The van der Waals surface area contributed by atoms with Crippen LogP contribution in [0.4, 0.5) is 0 Å². The van der Waals surface area contributed by atoms with Crippen molar-refractivity contribution >= 4 is 5.97 Å². The maximum absolute atomic E-state index is 11.3. The fourth-order valence-electron chi connectivity index (χ4n) is 1.66. The van der Waals surface area contributed by atoms with E-state index in [1.807, 2.05) is 6.92 Å². The number of hydrogen-bond acceptors (Lipinski definition) is 2. The van der Waals surface area contributed by atoms with Crippen LogP contribution < -0.4 is 5.32 Å². The largest absolute Gasteiger partial charge is 0.480 e. The van der Waals surface area contributed by atoms with Gasteiger partial charge in [0.2, 0.25) is 0 Å². The molecule has 3 heteroatoms. The fraction of sp³-hybridized carbons (Fsp3) is 0.750. The van der Waals surface area contributed by atoms with E-state index in [9.17, 15) is 9.90 Å². The minimum Gasteiger partial charge on any atom is -0.480 e. The summed E-state index contributed by atoms with van der Waals surface area (Å²) in [6, 6.07) is 0. The van der Waals surface area contributed by atoms with Crippen LogP contribution in [0.1, 0.15) is 40.0 Å². The number of carboxylic acids is 1. The van der Waals surface area contributed by atoms with Gasteiger partial charge in [0.25, 0.3) is 0 Å². The zero-order valence-electron chi connectivity index (χ0n) is 10.0. The molecule has 0 heterocycles. The Morgan fingerprint density at radius 2 is 2.20 bits per heavy atom. The Kier molecular flexibility index (Phi) is 6.25. The molecule has 0 saturated carbocycles. The van der Waals surface area contributed by atoms with E-state index in [2.05, 4.69) is 25.7 Å². The summed E-state index contributed by atoms with van der Waals surface area (Å²) in [5, 5.41) is 12.4. The normalized spacial score (nSPS) is 16.7. The zero-order valence-corrected chi connectivity index (χ0v) is 10.0. The van der Waals surface area contributed by atoms with Gasteiger partial charge in [-0.3, -0.25) is 10.1 Å². The highest BCUT2D eigenvalue weighted by Gasteiger charge is 2.36. The van der Waals surface area contributed by atoms with Crippen molar-refractivity contribution in [1.82, 2.24) is 5.32 Å². The summed E-state index contributed by atoms with van der Waals surface area (Å²) in [7, 11) is 0. The summed E-state index contributed by atoms with van der Waals surface area (Å²) in [5.41, 5.74) is -0.788. The smallest absolute Gasteiger partial charge is 0.323 e. The Morgan fingerprint density at radius 1 is 1.60 bits per heavy atom. The van der Waals surface area contributed by atoms with Crippen molar-refractivity contribution < 1.29 is 9.90 Å². The predicted molar refractivity (Wildman–Crippen MR) is 62.9 cm³/mol. The zero-order chi connectivity index (χ0) is 11.9. The van der Waals surface area contributed by atoms with Gasteiger partial charge < -0.3 is 5.11 Å². The van der Waals surface area contributed by atoms with E-state index >= 15 is 0 Å². The molecule has 0 radical (unpaired) electrons. The van der Waals surface area contributed by atoms with Crippen LogP contribution >= 0.6 is 0 Å². The second-order valence-corrected chi connectivity index (χ2v) is 4.13. The molecule has 0 spiro atoms. The summed E-state index contributed by atoms with van der Waals surface area (Å²) >= 11 is 0. The van der Waals surface area contributed by atoms with Crippen LogP contribution in [0, 0.1) is 5.92 Å². The number of carboxylic acid groups (broad SMARTS) is 1. The third-order valence-corrected chi connectivity index (χ3v) is 2.99. The molecular formula is C12H23NO2. The van der Waals surface area contributed by atoms with Gasteiger partial charge in [-0.1, -0.05) is 33.3 Å². The summed E-state index contributed by atoms with van der Waals surface area (Å²) in [6.45, 7) is 10.2. The maximum atomic E-state index is 11.3. The van der Waals surface area contributed by atoms with Gasteiger partial charge in [-0.25, -0.2) is 0 Å². The molecule has 2 N–H and O–H groups in total. The summed E-state index contributed by atoms with van der Waals surface area (Å²) < 4.78 is 0. The van der Waals surface area contributed by atoms with Gasteiger partial charge in [-0.2, -0.15) is 0 Å². The Hall–Kier alpha value is -0.830. The average molecular weight is 213 g/mol. The molecule has 0 aromatic carbocycles. The highest BCUT2D eigenvalue weighted by atomic mass is 16.4. The molecule has 0 saturated heterocycles. The molecule has 2 unspecified atom stereocenters. The lowest BCUT2D eigenvalue weighted by Gasteiger charge is -2.31. The van der Waals surface area contributed by atoms with Crippen LogP contribution in [-0.2, 0) is 4.79 Å². The van der Waals surface area contributed by atoms with Crippen LogP contribution in [0.3, 0.4) is 0 Å². The van der Waals surface area contributed by atoms with Crippen molar-refractivity contribution in [2.75, 3.05) is 6.54 Å². The molecule has 0 aromatic heterocycles. The highest BCUT2D eigenvalue weighted by Crippen LogP contribution is 2.23. The Bertz CT molecular complexity index is 216. The number of hydrogen-bond donors (Lipinski definition) is 2. The predicted octanol–water partition coefficient (Wildman–Crippen LogP) is 2.43. The van der Waals surface area contributed by atoms with Crippen molar-refractivity contribution in [2.24, 2.45) is 5.92 Å². The van der Waals surface area contributed by atoms with Gasteiger partial charge in [0.15, 0.2) is 0 Å². The van der Waals surface area contributed by atoms with E-state index in [4.69, 9.17) is 0 Å². The standard InChI is InChI=1S/C12H23NO2/c1-5-8-13-12(7-3,11(14)15)9-10(4)6-2/h5,10,13H,1,6-9H2,2-4H3,(H,14,15). The summed E-state index contributed by atoms with van der Waals surface area (Å²) in [4.78, 5) is 11.3. The van der Waals surface area contributed by atoms with Crippen molar-refractivity contribution in [3.05, 3.63) is 12.7 Å². The van der Waals surface area contributed by atoms with E-state index in [0.717, 1.165) is 6.42 Å². The average Bonchev–Trinajstić information content (AvgIpc) is 2.23. The van der Waals surface area contributed by atoms with Crippen LogP contribution in [0.5, 0.6) is 0 Å². The van der Waals surface area contributed by atoms with Crippen molar-refractivity contribution in [3.8, 4) is 0 Å². The molecule has 0 bridgehead atoms. The molecule has 2 atom stereocenters. The van der Waals surface area contributed by atoms with Gasteiger partial charge in [0, 0.05) is 6.54 Å². The quantitative estimate of drug-likeness (QED) is 0.609. The van der Waals surface area contributed by atoms with E-state index in [1.165, 1.54) is 0 Å². The van der Waals surface area contributed by atoms with E-state index in [0.29, 0.717) is 25.3 Å². The van der Waals surface area contributed by atoms with Crippen LogP contribution in [0.25, 0.3) is 0 Å². The highest BCUT2D eigenvalue weighted by molar-refractivity contribution is 5.78. The summed E-state index contributed by atoms with van der Waals surface area (Å²) in [5.74, 6) is -0.342. The Labute approximate surface area is 92.6 Å². The third kappa shape index (κ3) is 4.04. The van der Waals surface area contributed by atoms with Gasteiger partial charge in [-0.05, 0) is 18.8 Å². The minimum absolute atomic E-state index is 0.415. The SMILES string of the molecule is C=CCNC(CC)(CC(C)CC)C(=O)O. The van der Waals surface area contributed by atoms with Crippen molar-refractivity contribution in [1.29, 1.82) is 0 Å². The summed E-state index contributed by atoms with van der Waals surface area (Å²) in [6.07, 6.45) is 3.97. The monoisotopic (exact) mass is 213 g/mol. The second-order valence-electron chi connectivity index (χ2n) is 4.13. The second kappa shape index (κ2) is 6.62. The van der Waals surface area contributed by atoms with Gasteiger partial charge in [0.05, 0.1) is 0 Å². The van der Waals surface area contributed by atoms with Crippen LogP contribution in [-0.4, -0.2) is 23.2 Å². The first-order valence-corrected chi connectivity index (χ1v) is 5.61. The van der Waals surface area contributed by atoms with Crippen molar-refractivity contribution in [3.63, 3.8) is 0 Å². The molecule has 88 valence electrons.